The Hall–Kier alpha value is -1.88. The number of benzene rings is 1. The lowest BCUT2D eigenvalue weighted by atomic mass is 9.74. The lowest BCUT2D eigenvalue weighted by Gasteiger charge is -2.58. The molecule has 2 saturated heterocycles. The maximum Gasteiger partial charge on any atom is 0.238 e. The molecule has 0 spiro atoms. The van der Waals surface area contributed by atoms with Crippen molar-refractivity contribution in [3.05, 3.63) is 35.4 Å². The third-order valence-corrected chi connectivity index (χ3v) is 6.44. The first-order valence-electron chi connectivity index (χ1n) is 9.18. The zero-order valence-electron chi connectivity index (χ0n) is 15.9. The Bertz CT molecular complexity index is 867. The predicted octanol–water partition coefficient (Wildman–Crippen LogP) is 1.01. The molecule has 1 aromatic carbocycles. The highest BCUT2D eigenvalue weighted by Crippen LogP contribution is 2.43. The largest absolute Gasteiger partial charge is 0.394 e. The monoisotopic (exact) mass is 390 g/mol. The summed E-state index contributed by atoms with van der Waals surface area (Å²) in [6, 6.07) is 7.28. The van der Waals surface area contributed by atoms with Crippen molar-refractivity contribution in [2.75, 3.05) is 26.0 Å². The van der Waals surface area contributed by atoms with E-state index in [9.17, 15) is 18.3 Å². The van der Waals surface area contributed by atoms with Crippen molar-refractivity contribution >= 4 is 15.9 Å². The van der Waals surface area contributed by atoms with E-state index in [4.69, 9.17) is 0 Å². The van der Waals surface area contributed by atoms with E-state index in [2.05, 4.69) is 25.7 Å². The second kappa shape index (κ2) is 7.63. The number of aliphatic hydroxyl groups is 1. The summed E-state index contributed by atoms with van der Waals surface area (Å²) in [6.07, 6.45) is 1.97. The van der Waals surface area contributed by atoms with Crippen molar-refractivity contribution < 1.29 is 18.3 Å². The lowest BCUT2D eigenvalue weighted by molar-refractivity contribution is -0.158. The van der Waals surface area contributed by atoms with E-state index in [1.807, 2.05) is 24.3 Å². The van der Waals surface area contributed by atoms with Gasteiger partial charge in [-0.2, -0.15) is 4.31 Å². The molecular formula is C20H26N2O4S. The van der Waals surface area contributed by atoms with Crippen LogP contribution in [0.1, 0.15) is 37.3 Å². The molecular weight excluding hydrogens is 364 g/mol. The number of aliphatic hydroxyl groups excluding tert-OH is 1. The molecule has 27 heavy (non-hydrogen) atoms. The number of carbonyl (C=O) groups is 1. The van der Waals surface area contributed by atoms with Crippen molar-refractivity contribution in [2.45, 2.75) is 38.3 Å². The van der Waals surface area contributed by atoms with E-state index in [0.717, 1.165) is 23.8 Å². The first-order chi connectivity index (χ1) is 12.7. The van der Waals surface area contributed by atoms with Crippen LogP contribution < -0.4 is 0 Å². The summed E-state index contributed by atoms with van der Waals surface area (Å²) < 4.78 is 25.0. The predicted molar refractivity (Wildman–Crippen MR) is 103 cm³/mol. The molecule has 1 amide bonds. The fourth-order valence-electron chi connectivity index (χ4n) is 3.87. The molecule has 0 unspecified atom stereocenters. The van der Waals surface area contributed by atoms with Gasteiger partial charge in [0.2, 0.25) is 15.9 Å². The van der Waals surface area contributed by atoms with E-state index in [-0.39, 0.29) is 43.6 Å². The minimum Gasteiger partial charge on any atom is -0.394 e. The van der Waals surface area contributed by atoms with E-state index < -0.39 is 10.0 Å². The molecule has 1 aromatic rings. The first kappa shape index (κ1) is 19.9. The van der Waals surface area contributed by atoms with Gasteiger partial charge in [-0.25, -0.2) is 8.42 Å². The van der Waals surface area contributed by atoms with Crippen molar-refractivity contribution in [3.8, 4) is 11.8 Å². The molecule has 2 heterocycles. The Morgan fingerprint density at radius 1 is 1.26 bits per heavy atom. The summed E-state index contributed by atoms with van der Waals surface area (Å²) in [4.78, 5) is 14.0. The fraction of sp³-hybridized carbons (Fsp3) is 0.550. The van der Waals surface area contributed by atoms with Crippen molar-refractivity contribution in [3.63, 3.8) is 0 Å². The van der Waals surface area contributed by atoms with Gasteiger partial charge in [-0.15, -0.1) is 0 Å². The quantitative estimate of drug-likeness (QED) is 0.779. The van der Waals surface area contributed by atoms with Gasteiger partial charge < -0.3 is 10.0 Å². The third kappa shape index (κ3) is 4.03. The Balaban J connectivity index is 1.80. The molecule has 2 fully saturated rings. The Morgan fingerprint density at radius 3 is 2.48 bits per heavy atom. The van der Waals surface area contributed by atoms with Gasteiger partial charge in [-0.3, -0.25) is 4.79 Å². The summed E-state index contributed by atoms with van der Waals surface area (Å²) in [7, 11) is -3.43. The molecule has 0 saturated carbocycles. The summed E-state index contributed by atoms with van der Waals surface area (Å²) in [5, 5.41) is 9.77. The van der Waals surface area contributed by atoms with Gasteiger partial charge in [0.1, 0.15) is 0 Å². The molecule has 2 aliphatic heterocycles. The van der Waals surface area contributed by atoms with E-state index in [0.29, 0.717) is 5.92 Å². The number of carbonyl (C=O) groups excluding carboxylic acids is 1. The van der Waals surface area contributed by atoms with Gasteiger partial charge in [0.25, 0.3) is 0 Å². The Labute approximate surface area is 161 Å². The highest BCUT2D eigenvalue weighted by atomic mass is 32.2. The second-order valence-electron chi connectivity index (χ2n) is 7.72. The number of rotatable bonds is 4. The number of nitrogens with zero attached hydrogens (tertiary/aromatic N) is 2. The molecule has 0 aliphatic carbocycles. The summed E-state index contributed by atoms with van der Waals surface area (Å²) >= 11 is 0. The van der Waals surface area contributed by atoms with Crippen LogP contribution in [-0.4, -0.2) is 66.7 Å². The lowest BCUT2D eigenvalue weighted by Crippen LogP contribution is -2.73. The highest BCUT2D eigenvalue weighted by molar-refractivity contribution is 7.88. The number of hydrogen-bond acceptors (Lipinski definition) is 4. The number of sulfonamides is 1. The molecule has 7 heteroatoms. The summed E-state index contributed by atoms with van der Waals surface area (Å²) in [5.74, 6) is 6.50. The minimum atomic E-state index is -3.43. The van der Waals surface area contributed by atoms with Crippen LogP contribution in [0.4, 0.5) is 0 Å². The molecule has 2 aliphatic rings. The Morgan fingerprint density at radius 2 is 1.93 bits per heavy atom. The van der Waals surface area contributed by atoms with E-state index in [1.165, 1.54) is 4.31 Å². The summed E-state index contributed by atoms with van der Waals surface area (Å²) in [6.45, 7) is 4.23. The van der Waals surface area contributed by atoms with Crippen molar-refractivity contribution in [1.29, 1.82) is 0 Å². The molecule has 1 N–H and O–H groups in total. The van der Waals surface area contributed by atoms with Gasteiger partial charge >= 0.3 is 0 Å². The van der Waals surface area contributed by atoms with Crippen LogP contribution in [0.3, 0.4) is 0 Å². The van der Waals surface area contributed by atoms with Crippen LogP contribution >= 0.6 is 0 Å². The standard InChI is InChI=1S/C20H26N2O4S/c1-14(2)5-4-6-15-7-9-16(10-8-15)20-17-11-21(27(3,25)26)12-19(24)22(17)18(20)13-23/h7-10,14,17-18,20,23H,5,11-13H2,1-3H3/t17-,18-,20-/m0/s1. The molecule has 0 bridgehead atoms. The van der Waals surface area contributed by atoms with Crippen LogP contribution in [-0.2, 0) is 14.8 Å². The van der Waals surface area contributed by atoms with Gasteiger partial charge in [-0.1, -0.05) is 37.8 Å². The highest BCUT2D eigenvalue weighted by Gasteiger charge is 2.54. The van der Waals surface area contributed by atoms with Crippen LogP contribution in [0.25, 0.3) is 0 Å². The number of piperazine rings is 1. The van der Waals surface area contributed by atoms with Gasteiger partial charge in [0.05, 0.1) is 31.5 Å². The second-order valence-corrected chi connectivity index (χ2v) is 9.70. The van der Waals surface area contributed by atoms with Gasteiger partial charge in [-0.05, 0) is 23.6 Å². The average molecular weight is 391 g/mol. The van der Waals surface area contributed by atoms with E-state index in [1.54, 1.807) is 4.90 Å². The maximum atomic E-state index is 12.4. The number of amides is 1. The molecule has 3 atom stereocenters. The number of fused-ring (bicyclic) bond motifs is 1. The van der Waals surface area contributed by atoms with Gasteiger partial charge in [0, 0.05) is 24.4 Å². The van der Waals surface area contributed by atoms with Gasteiger partial charge in [0.15, 0.2) is 0 Å². The third-order valence-electron chi connectivity index (χ3n) is 5.23. The molecule has 146 valence electrons. The van der Waals surface area contributed by atoms with Crippen molar-refractivity contribution in [2.24, 2.45) is 5.92 Å². The fourth-order valence-corrected chi connectivity index (χ4v) is 4.64. The molecule has 0 radical (unpaired) electrons. The zero-order chi connectivity index (χ0) is 19.8. The molecule has 6 nitrogen and oxygen atoms in total. The van der Waals surface area contributed by atoms with Crippen LogP contribution in [0.15, 0.2) is 24.3 Å². The van der Waals surface area contributed by atoms with Crippen LogP contribution in [0.5, 0.6) is 0 Å². The summed E-state index contributed by atoms with van der Waals surface area (Å²) in [5.41, 5.74) is 1.92. The Kier molecular flexibility index (Phi) is 5.61. The smallest absolute Gasteiger partial charge is 0.238 e. The van der Waals surface area contributed by atoms with Crippen LogP contribution in [0.2, 0.25) is 0 Å². The topological polar surface area (TPSA) is 77.9 Å². The average Bonchev–Trinajstić information content (AvgIpc) is 2.56. The number of hydrogen-bond donors (Lipinski definition) is 1. The molecule has 0 aromatic heterocycles. The first-order valence-corrected chi connectivity index (χ1v) is 11.0. The molecule has 3 rings (SSSR count). The minimum absolute atomic E-state index is 0.0822. The van der Waals surface area contributed by atoms with Crippen molar-refractivity contribution in [1.82, 2.24) is 9.21 Å². The normalized spacial score (nSPS) is 25.6. The SMILES string of the molecule is CC(C)CC#Cc1ccc([C@@H]2[C@H](CO)N3C(=O)CN(S(C)(=O)=O)C[C@@H]23)cc1. The van der Waals surface area contributed by atoms with E-state index >= 15 is 0 Å². The van der Waals surface area contributed by atoms with Crippen LogP contribution in [0, 0.1) is 17.8 Å². The zero-order valence-corrected chi connectivity index (χ0v) is 16.7. The maximum absolute atomic E-state index is 12.4.